The van der Waals surface area contributed by atoms with E-state index in [1.807, 2.05) is 69.3 Å². The monoisotopic (exact) mass is 760 g/mol. The molecule has 9 heteroatoms. The summed E-state index contributed by atoms with van der Waals surface area (Å²) in [6, 6.07) is 38.3. The summed E-state index contributed by atoms with van der Waals surface area (Å²) in [7, 11) is 0. The second-order valence-electron chi connectivity index (χ2n) is 11.5. The van der Waals surface area contributed by atoms with Gasteiger partial charge < -0.3 is 0 Å². The Hall–Kier alpha value is -4.59. The fourth-order valence-corrected chi connectivity index (χ4v) is 4.13. The number of aryl methyl sites for hydroxylation is 6. The van der Waals surface area contributed by atoms with Crippen LogP contribution in [-0.4, -0.2) is 0 Å². The molecule has 6 aromatic carbocycles. The SMILES string of the molecule is Cc1ccc(Cl)c(F)c1.Cc1ccc(F)c(F)c1.Cc1cccc(C(F)(F)F)c1.Cc1cccc(Cl)c1.Cc1cccc(F)c1.Cc1ccccc1. The van der Waals surface area contributed by atoms with Gasteiger partial charge in [0.1, 0.15) is 11.6 Å². The normalized spacial score (nSPS) is 9.83. The van der Waals surface area contributed by atoms with E-state index in [0.717, 1.165) is 46.0 Å². The number of halogens is 9. The fourth-order valence-electron chi connectivity index (χ4n) is 3.77. The van der Waals surface area contributed by atoms with Crippen LogP contribution in [-0.2, 0) is 6.18 Å². The Labute approximate surface area is 312 Å². The molecule has 0 heterocycles. The predicted molar refractivity (Wildman–Crippen MR) is 202 cm³/mol. The molecule has 0 aliphatic rings. The van der Waals surface area contributed by atoms with E-state index in [1.165, 1.54) is 41.5 Å². The lowest BCUT2D eigenvalue weighted by Crippen LogP contribution is -2.04. The second-order valence-corrected chi connectivity index (χ2v) is 12.3. The summed E-state index contributed by atoms with van der Waals surface area (Å²) >= 11 is 11.1. The topological polar surface area (TPSA) is 0 Å². The zero-order valence-electron chi connectivity index (χ0n) is 29.7. The van der Waals surface area contributed by atoms with Gasteiger partial charge in [-0.15, -0.1) is 0 Å². The van der Waals surface area contributed by atoms with Crippen molar-refractivity contribution in [2.24, 2.45) is 0 Å². The van der Waals surface area contributed by atoms with Gasteiger partial charge >= 0.3 is 6.18 Å². The average molecular weight is 762 g/mol. The summed E-state index contributed by atoms with van der Waals surface area (Å²) in [4.78, 5) is 0. The molecule has 0 saturated carbocycles. The Morgan fingerprint density at radius 2 is 0.846 bits per heavy atom. The van der Waals surface area contributed by atoms with Crippen molar-refractivity contribution in [3.05, 3.63) is 212 Å². The first-order chi connectivity index (χ1) is 24.4. The molecule has 0 spiro atoms. The molecule has 52 heavy (non-hydrogen) atoms. The molecule has 6 aromatic rings. The van der Waals surface area contributed by atoms with Gasteiger partial charge in [0.25, 0.3) is 0 Å². The molecular formula is C43H41Cl2F7. The van der Waals surface area contributed by atoms with E-state index in [1.54, 1.807) is 38.1 Å². The highest BCUT2D eigenvalue weighted by Gasteiger charge is 2.29. The smallest absolute Gasteiger partial charge is 0.207 e. The van der Waals surface area contributed by atoms with Crippen LogP contribution < -0.4 is 0 Å². The van der Waals surface area contributed by atoms with Crippen molar-refractivity contribution in [2.75, 3.05) is 0 Å². The Morgan fingerprint density at radius 1 is 0.385 bits per heavy atom. The molecule has 0 N–H and O–H groups in total. The third-order valence-electron chi connectivity index (χ3n) is 6.40. The fraction of sp³-hybridized carbons (Fsp3) is 0.163. The van der Waals surface area contributed by atoms with Crippen molar-refractivity contribution in [1.82, 2.24) is 0 Å². The predicted octanol–water partition coefficient (Wildman–Crippen LogP) is 14.9. The first kappa shape index (κ1) is 45.4. The molecule has 276 valence electrons. The van der Waals surface area contributed by atoms with Crippen molar-refractivity contribution in [2.45, 2.75) is 47.7 Å². The molecule has 0 atom stereocenters. The summed E-state index contributed by atoms with van der Waals surface area (Å²) < 4.78 is 84.8. The minimum Gasteiger partial charge on any atom is -0.207 e. The van der Waals surface area contributed by atoms with Crippen LogP contribution in [0.3, 0.4) is 0 Å². The third-order valence-corrected chi connectivity index (χ3v) is 6.94. The van der Waals surface area contributed by atoms with Crippen LogP contribution in [0.2, 0.25) is 10.0 Å². The molecule has 0 aliphatic carbocycles. The zero-order valence-corrected chi connectivity index (χ0v) is 31.2. The van der Waals surface area contributed by atoms with Gasteiger partial charge in [0.15, 0.2) is 11.6 Å². The van der Waals surface area contributed by atoms with E-state index in [9.17, 15) is 30.7 Å². The first-order valence-corrected chi connectivity index (χ1v) is 16.6. The van der Waals surface area contributed by atoms with Gasteiger partial charge in [-0.05, 0) is 118 Å². The highest BCUT2D eigenvalue weighted by molar-refractivity contribution is 6.30. The highest BCUT2D eigenvalue weighted by atomic mass is 35.5. The van der Waals surface area contributed by atoms with E-state index in [4.69, 9.17) is 23.2 Å². The van der Waals surface area contributed by atoms with Gasteiger partial charge in [-0.3, -0.25) is 0 Å². The number of hydrogen-bond donors (Lipinski definition) is 0. The van der Waals surface area contributed by atoms with E-state index < -0.39 is 23.4 Å². The third kappa shape index (κ3) is 20.9. The average Bonchev–Trinajstić information content (AvgIpc) is 3.06. The summed E-state index contributed by atoms with van der Waals surface area (Å²) in [6.45, 7) is 11.1. The molecule has 0 aliphatic heterocycles. The summed E-state index contributed by atoms with van der Waals surface area (Å²) in [6.07, 6.45) is -4.22. The van der Waals surface area contributed by atoms with E-state index in [0.29, 0.717) is 5.56 Å². The molecule has 0 nitrogen and oxygen atoms in total. The molecule has 0 radical (unpaired) electrons. The maximum atomic E-state index is 12.4. The van der Waals surface area contributed by atoms with Gasteiger partial charge in [-0.25, -0.2) is 17.6 Å². The second kappa shape index (κ2) is 23.8. The van der Waals surface area contributed by atoms with Crippen LogP contribution in [0, 0.1) is 64.8 Å². The highest BCUT2D eigenvalue weighted by Crippen LogP contribution is 2.29. The van der Waals surface area contributed by atoms with E-state index in [2.05, 4.69) is 19.1 Å². The Bertz CT molecular complexity index is 1780. The molecule has 6 rings (SSSR count). The molecule has 0 unspecified atom stereocenters. The Kier molecular flexibility index (Phi) is 20.8. The van der Waals surface area contributed by atoms with Crippen LogP contribution in [0.25, 0.3) is 0 Å². The quantitative estimate of drug-likeness (QED) is 0.135. The summed E-state index contributed by atoms with van der Waals surface area (Å²) in [5.74, 6) is -2.09. The lowest BCUT2D eigenvalue weighted by Gasteiger charge is -2.05. The Balaban J connectivity index is 0.000000314. The van der Waals surface area contributed by atoms with Gasteiger partial charge in [-0.1, -0.05) is 119 Å². The first-order valence-electron chi connectivity index (χ1n) is 15.8. The van der Waals surface area contributed by atoms with Crippen LogP contribution in [0.1, 0.15) is 38.9 Å². The van der Waals surface area contributed by atoms with Gasteiger partial charge in [0, 0.05) is 5.02 Å². The van der Waals surface area contributed by atoms with Crippen molar-refractivity contribution in [1.29, 1.82) is 0 Å². The van der Waals surface area contributed by atoms with E-state index >= 15 is 0 Å². The van der Waals surface area contributed by atoms with Crippen molar-refractivity contribution in [3.8, 4) is 0 Å². The maximum absolute atomic E-state index is 12.4. The van der Waals surface area contributed by atoms with Crippen LogP contribution in [0.5, 0.6) is 0 Å². The molecule has 0 aromatic heterocycles. The Morgan fingerprint density at radius 3 is 1.17 bits per heavy atom. The standard InChI is InChI=1S/C8H7F3.C7H6ClF.C7H7Cl.C7H6F2.C7H7F.C7H8/c1-6-3-2-4-7(5-6)8(9,10)11;1-5-2-3-6(8)7(9)4-5;1-6-3-2-4-7(8)5-6;1-5-2-3-6(8)7(9)4-5;1-6-3-2-4-7(8)5-6;1-7-5-3-2-4-6-7/h2-5H,1H3;2-4H,1H3;2-5H,1H3;2-4H,1H3;2-5H,1H3;2-6H,1H3. The molecular weight excluding hydrogens is 720 g/mol. The summed E-state index contributed by atoms with van der Waals surface area (Å²) in [5, 5.41) is 0.991. The van der Waals surface area contributed by atoms with Gasteiger partial charge in [-0.2, -0.15) is 13.2 Å². The largest absolute Gasteiger partial charge is 0.416 e. The minimum atomic E-state index is -4.22. The molecule has 0 saturated heterocycles. The molecule has 0 fully saturated rings. The zero-order chi connectivity index (χ0) is 39.3. The van der Waals surface area contributed by atoms with Crippen LogP contribution >= 0.6 is 23.2 Å². The van der Waals surface area contributed by atoms with Crippen LogP contribution in [0.4, 0.5) is 30.7 Å². The van der Waals surface area contributed by atoms with Crippen molar-refractivity contribution >= 4 is 23.2 Å². The lowest BCUT2D eigenvalue weighted by atomic mass is 10.1. The van der Waals surface area contributed by atoms with Gasteiger partial charge in [0.05, 0.1) is 10.6 Å². The molecule has 0 amide bonds. The summed E-state index contributed by atoms with van der Waals surface area (Å²) in [5.41, 5.74) is 5.15. The van der Waals surface area contributed by atoms with Crippen LogP contribution in [0.15, 0.2) is 140 Å². The number of hydrogen-bond acceptors (Lipinski definition) is 0. The van der Waals surface area contributed by atoms with E-state index in [-0.39, 0.29) is 16.7 Å². The molecule has 0 bridgehead atoms. The number of alkyl halides is 3. The lowest BCUT2D eigenvalue weighted by molar-refractivity contribution is -0.137. The van der Waals surface area contributed by atoms with Crippen molar-refractivity contribution in [3.63, 3.8) is 0 Å². The van der Waals surface area contributed by atoms with Crippen molar-refractivity contribution < 1.29 is 30.7 Å². The minimum absolute atomic E-state index is 0.162. The van der Waals surface area contributed by atoms with Gasteiger partial charge in [0.2, 0.25) is 0 Å². The number of rotatable bonds is 0. The number of benzene rings is 6. The maximum Gasteiger partial charge on any atom is 0.416 e.